The Bertz CT molecular complexity index is 476. The van der Waals surface area contributed by atoms with Crippen LogP contribution in [-0.4, -0.2) is 11.3 Å². The first-order chi connectivity index (χ1) is 7.78. The number of carbonyl (C=O) groups excluding carboxylic acids is 1. The van der Waals surface area contributed by atoms with Gasteiger partial charge >= 0.3 is 0 Å². The summed E-state index contributed by atoms with van der Waals surface area (Å²) in [5.41, 5.74) is 1.74. The van der Waals surface area contributed by atoms with Crippen LogP contribution in [0.5, 0.6) is 0 Å². The molecule has 0 saturated heterocycles. The number of oxazole rings is 1. The van der Waals surface area contributed by atoms with Gasteiger partial charge in [0.2, 0.25) is 0 Å². The number of hydrogen-bond donors (Lipinski definition) is 0. The third-order valence-corrected chi connectivity index (χ3v) is 2.41. The Labute approximate surface area is 98.1 Å². The van der Waals surface area contributed by atoms with Crippen molar-refractivity contribution >= 4 is 17.9 Å². The highest BCUT2D eigenvalue weighted by atomic mass is 35.5. The zero-order valence-corrected chi connectivity index (χ0v) is 9.28. The molecule has 2 rings (SSSR count). The van der Waals surface area contributed by atoms with Crippen molar-refractivity contribution in [3.05, 3.63) is 52.7 Å². The van der Waals surface area contributed by atoms with Crippen molar-refractivity contribution in [3.8, 4) is 0 Å². The number of nitrogens with zero attached hydrogens (tertiary/aromatic N) is 1. The smallest absolute Gasteiger partial charge is 0.198 e. The molecule has 82 valence electrons. The van der Waals surface area contributed by atoms with E-state index in [9.17, 15) is 4.79 Å². The van der Waals surface area contributed by atoms with Gasteiger partial charge in [0, 0.05) is 17.9 Å². The van der Waals surface area contributed by atoms with E-state index in [4.69, 9.17) is 16.0 Å². The fourth-order valence-corrected chi connectivity index (χ4v) is 1.51. The number of aromatic nitrogens is 1. The lowest BCUT2D eigenvalue weighted by atomic mass is 10.1. The van der Waals surface area contributed by atoms with Crippen LogP contribution in [-0.2, 0) is 17.6 Å². The summed E-state index contributed by atoms with van der Waals surface area (Å²) in [6.07, 6.45) is 3.23. The van der Waals surface area contributed by atoms with Crippen LogP contribution in [0.3, 0.4) is 0 Å². The average molecular weight is 236 g/mol. The van der Waals surface area contributed by atoms with Gasteiger partial charge in [-0.3, -0.25) is 0 Å². The number of benzene rings is 1. The molecule has 0 spiro atoms. The maximum absolute atomic E-state index is 10.3. The minimum atomic E-state index is 0.296. The molecule has 0 amide bonds. The lowest BCUT2D eigenvalue weighted by Gasteiger charge is -1.96. The van der Waals surface area contributed by atoms with Crippen molar-refractivity contribution in [1.82, 2.24) is 4.98 Å². The molecular weight excluding hydrogens is 226 g/mol. The van der Waals surface area contributed by atoms with E-state index in [1.807, 2.05) is 24.3 Å². The van der Waals surface area contributed by atoms with Crippen molar-refractivity contribution < 1.29 is 9.21 Å². The minimum Gasteiger partial charge on any atom is -0.448 e. The van der Waals surface area contributed by atoms with Crippen LogP contribution in [0.1, 0.15) is 17.1 Å². The SMILES string of the molecule is O=CCc1coc(Cc2ccc(Cl)cc2)n1. The van der Waals surface area contributed by atoms with Gasteiger partial charge in [0.15, 0.2) is 5.89 Å². The molecule has 0 radical (unpaired) electrons. The third kappa shape index (κ3) is 2.70. The fourth-order valence-electron chi connectivity index (χ4n) is 1.39. The van der Waals surface area contributed by atoms with E-state index in [1.54, 1.807) is 0 Å². The molecule has 0 aliphatic rings. The lowest BCUT2D eigenvalue weighted by molar-refractivity contribution is -0.107. The van der Waals surface area contributed by atoms with Crippen molar-refractivity contribution in [3.63, 3.8) is 0 Å². The molecule has 0 atom stereocenters. The Morgan fingerprint density at radius 1 is 1.31 bits per heavy atom. The summed E-state index contributed by atoms with van der Waals surface area (Å²) >= 11 is 5.78. The second-order valence-electron chi connectivity index (χ2n) is 3.41. The van der Waals surface area contributed by atoms with Crippen LogP contribution in [0.4, 0.5) is 0 Å². The van der Waals surface area contributed by atoms with Crippen molar-refractivity contribution in [2.45, 2.75) is 12.8 Å². The highest BCUT2D eigenvalue weighted by Crippen LogP contribution is 2.13. The molecule has 0 N–H and O–H groups in total. The first kappa shape index (κ1) is 10.9. The van der Waals surface area contributed by atoms with Gasteiger partial charge in [-0.2, -0.15) is 0 Å². The standard InChI is InChI=1S/C12H10ClNO2/c13-10-3-1-9(2-4-10)7-12-14-11(5-6-15)8-16-12/h1-4,6,8H,5,7H2. The molecule has 2 aromatic rings. The van der Waals surface area contributed by atoms with Gasteiger partial charge in [-0.05, 0) is 17.7 Å². The zero-order valence-electron chi connectivity index (χ0n) is 8.52. The van der Waals surface area contributed by atoms with Gasteiger partial charge in [-0.25, -0.2) is 4.98 Å². The highest BCUT2D eigenvalue weighted by molar-refractivity contribution is 6.30. The van der Waals surface area contributed by atoms with Crippen molar-refractivity contribution in [2.24, 2.45) is 0 Å². The van der Waals surface area contributed by atoms with Gasteiger partial charge < -0.3 is 9.21 Å². The van der Waals surface area contributed by atoms with E-state index in [1.165, 1.54) is 6.26 Å². The Hall–Kier alpha value is -1.61. The normalized spacial score (nSPS) is 10.3. The predicted octanol–water partition coefficient (Wildman–Crippen LogP) is 2.66. The summed E-state index contributed by atoms with van der Waals surface area (Å²) in [6.45, 7) is 0. The van der Waals surface area contributed by atoms with E-state index in [0.717, 1.165) is 11.8 Å². The second kappa shape index (κ2) is 4.94. The molecule has 0 bridgehead atoms. The fraction of sp³-hybridized carbons (Fsp3) is 0.167. The molecule has 0 aliphatic heterocycles. The van der Waals surface area contributed by atoms with E-state index in [-0.39, 0.29) is 0 Å². The maximum Gasteiger partial charge on any atom is 0.198 e. The number of carbonyl (C=O) groups is 1. The van der Waals surface area contributed by atoms with E-state index >= 15 is 0 Å². The largest absolute Gasteiger partial charge is 0.448 e. The van der Waals surface area contributed by atoms with Crippen LogP contribution in [0.25, 0.3) is 0 Å². The van der Waals surface area contributed by atoms with Gasteiger partial charge in [0.05, 0.1) is 5.69 Å². The van der Waals surface area contributed by atoms with Gasteiger partial charge in [-0.1, -0.05) is 23.7 Å². The summed E-state index contributed by atoms with van der Waals surface area (Å²) in [4.78, 5) is 14.5. The summed E-state index contributed by atoms with van der Waals surface area (Å²) in [6, 6.07) is 7.50. The quantitative estimate of drug-likeness (QED) is 0.766. The molecule has 1 heterocycles. The van der Waals surface area contributed by atoms with E-state index in [0.29, 0.717) is 29.4 Å². The Balaban J connectivity index is 2.08. The topological polar surface area (TPSA) is 43.1 Å². The molecule has 1 aromatic carbocycles. The van der Waals surface area contributed by atoms with Crippen LogP contribution in [0.2, 0.25) is 5.02 Å². The molecule has 1 aromatic heterocycles. The Morgan fingerprint density at radius 3 is 2.75 bits per heavy atom. The van der Waals surface area contributed by atoms with Gasteiger partial charge in [-0.15, -0.1) is 0 Å². The molecule has 4 heteroatoms. The Morgan fingerprint density at radius 2 is 2.06 bits per heavy atom. The van der Waals surface area contributed by atoms with Crippen LogP contribution >= 0.6 is 11.6 Å². The molecule has 0 aliphatic carbocycles. The summed E-state index contributed by atoms with van der Waals surface area (Å²) < 4.78 is 5.25. The minimum absolute atomic E-state index is 0.296. The van der Waals surface area contributed by atoms with E-state index in [2.05, 4.69) is 4.98 Å². The highest BCUT2D eigenvalue weighted by Gasteiger charge is 2.04. The van der Waals surface area contributed by atoms with E-state index < -0.39 is 0 Å². The summed E-state index contributed by atoms with van der Waals surface area (Å²) in [5, 5.41) is 0.706. The zero-order chi connectivity index (χ0) is 11.4. The van der Waals surface area contributed by atoms with Crippen molar-refractivity contribution in [1.29, 1.82) is 0 Å². The van der Waals surface area contributed by atoms with Crippen LogP contribution in [0.15, 0.2) is 34.9 Å². The van der Waals surface area contributed by atoms with Crippen molar-refractivity contribution in [2.75, 3.05) is 0 Å². The van der Waals surface area contributed by atoms with Gasteiger partial charge in [0.1, 0.15) is 12.5 Å². The molecule has 3 nitrogen and oxygen atoms in total. The summed E-state index contributed by atoms with van der Waals surface area (Å²) in [5.74, 6) is 0.610. The number of halogens is 1. The maximum atomic E-state index is 10.3. The molecule has 0 saturated carbocycles. The first-order valence-electron chi connectivity index (χ1n) is 4.89. The predicted molar refractivity (Wildman–Crippen MR) is 60.5 cm³/mol. The van der Waals surface area contributed by atoms with Gasteiger partial charge in [0.25, 0.3) is 0 Å². The Kier molecular flexibility index (Phi) is 3.37. The monoisotopic (exact) mass is 235 g/mol. The van der Waals surface area contributed by atoms with Crippen LogP contribution in [0, 0.1) is 0 Å². The molecular formula is C12H10ClNO2. The summed E-state index contributed by atoms with van der Waals surface area (Å²) in [7, 11) is 0. The van der Waals surface area contributed by atoms with Crippen LogP contribution < -0.4 is 0 Å². The first-order valence-corrected chi connectivity index (χ1v) is 5.27. The average Bonchev–Trinajstić information content (AvgIpc) is 2.70. The molecule has 16 heavy (non-hydrogen) atoms. The number of hydrogen-bond acceptors (Lipinski definition) is 3. The second-order valence-corrected chi connectivity index (χ2v) is 3.84. The third-order valence-electron chi connectivity index (χ3n) is 2.16. The molecule has 0 fully saturated rings. The number of aldehydes is 1. The number of rotatable bonds is 4. The lowest BCUT2D eigenvalue weighted by Crippen LogP contribution is -1.90. The molecule has 0 unspecified atom stereocenters.